The van der Waals surface area contributed by atoms with Gasteiger partial charge < -0.3 is 0 Å². The number of hydrogen-bond acceptors (Lipinski definition) is 1. The van der Waals surface area contributed by atoms with Crippen LogP contribution in [0.4, 0.5) is 0 Å². The predicted molar refractivity (Wildman–Crippen MR) is 73.0 cm³/mol. The van der Waals surface area contributed by atoms with E-state index in [4.69, 9.17) is 0 Å². The third-order valence-corrected chi connectivity index (χ3v) is 3.89. The normalized spacial score (nSPS) is 10.3. The maximum atomic E-state index is 2.28. The second kappa shape index (κ2) is 7.00. The van der Waals surface area contributed by atoms with Gasteiger partial charge >= 0.3 is 0 Å². The Hall–Kier alpha value is -0.365. The summed E-state index contributed by atoms with van der Waals surface area (Å²) in [6, 6.07) is 8.91. The van der Waals surface area contributed by atoms with Crippen LogP contribution in [0.25, 0.3) is 0 Å². The van der Waals surface area contributed by atoms with Gasteiger partial charge in [-0.2, -0.15) is 11.6 Å². The summed E-state index contributed by atoms with van der Waals surface area (Å²) in [5.74, 6) is 0.808. The lowest BCUT2D eigenvalue weighted by atomic mass is 9.67. The molecule has 0 radical (unpaired) electrons. The third-order valence-electron chi connectivity index (χ3n) is 2.55. The van der Waals surface area contributed by atoms with Crippen LogP contribution in [-0.4, -0.2) is 5.99 Å². The molecule has 0 amide bonds. The quantitative estimate of drug-likeness (QED) is 0.614. The van der Waals surface area contributed by atoms with Crippen LogP contribution in [0, 0.1) is 6.92 Å². The van der Waals surface area contributed by atoms with Crippen LogP contribution >= 0.6 is 11.6 Å². The Kier molecular flexibility index (Phi) is 5.93. The number of aryl methyl sites for hydroxylation is 1. The first kappa shape index (κ1) is 12.7. The highest BCUT2D eigenvalue weighted by Gasteiger charge is 2.12. The van der Waals surface area contributed by atoms with Gasteiger partial charge in [0, 0.05) is 0 Å². The van der Waals surface area contributed by atoms with Crippen molar-refractivity contribution in [1.29, 1.82) is 0 Å². The second-order valence-corrected chi connectivity index (χ2v) is 5.50. The van der Waals surface area contributed by atoms with Crippen molar-refractivity contribution in [3.8, 4) is 0 Å². The minimum Gasteiger partial charge on any atom is -0.176 e. The molecule has 0 heterocycles. The van der Waals surface area contributed by atoms with Crippen molar-refractivity contribution >= 4 is 17.6 Å². The highest BCUT2D eigenvalue weighted by Crippen LogP contribution is 2.27. The SMILES string of the molecule is CCCB(CCC)Sc1ccc(C)cc1. The zero-order chi connectivity index (χ0) is 11.1. The van der Waals surface area contributed by atoms with E-state index >= 15 is 0 Å². The Balaban J connectivity index is 2.53. The van der Waals surface area contributed by atoms with Crippen molar-refractivity contribution in [3.63, 3.8) is 0 Å². The molecule has 1 aromatic rings. The van der Waals surface area contributed by atoms with Crippen LogP contribution in [0.3, 0.4) is 0 Å². The zero-order valence-corrected chi connectivity index (χ0v) is 10.9. The summed E-state index contributed by atoms with van der Waals surface area (Å²) in [7, 11) is 0. The second-order valence-electron chi connectivity index (χ2n) is 4.13. The van der Waals surface area contributed by atoms with E-state index in [9.17, 15) is 0 Å². The Morgan fingerprint density at radius 3 is 2.00 bits per heavy atom. The largest absolute Gasteiger partial charge is 0.215 e. The van der Waals surface area contributed by atoms with Gasteiger partial charge in [-0.3, -0.25) is 0 Å². The van der Waals surface area contributed by atoms with Crippen LogP contribution in [0.15, 0.2) is 29.2 Å². The molecule has 82 valence electrons. The topological polar surface area (TPSA) is 0 Å². The molecule has 0 unspecified atom stereocenters. The van der Waals surface area contributed by atoms with E-state index in [1.807, 2.05) is 11.6 Å². The summed E-state index contributed by atoms with van der Waals surface area (Å²) >= 11 is 2.05. The molecule has 0 fully saturated rings. The minimum atomic E-state index is 0.808. The van der Waals surface area contributed by atoms with Crippen molar-refractivity contribution in [3.05, 3.63) is 29.8 Å². The summed E-state index contributed by atoms with van der Waals surface area (Å²) in [4.78, 5) is 1.42. The highest BCUT2D eigenvalue weighted by atomic mass is 32.2. The van der Waals surface area contributed by atoms with E-state index in [2.05, 4.69) is 45.0 Å². The standard InChI is InChI=1S/C13H21BS/c1-4-10-14(11-5-2)15-13-8-6-12(3)7-9-13/h6-9H,4-5,10-11H2,1-3H3. The van der Waals surface area contributed by atoms with E-state index in [-0.39, 0.29) is 0 Å². The number of benzene rings is 1. The van der Waals surface area contributed by atoms with Gasteiger partial charge in [0.1, 0.15) is 0 Å². The maximum absolute atomic E-state index is 2.28. The molecule has 0 saturated carbocycles. The fourth-order valence-electron chi connectivity index (χ4n) is 1.72. The lowest BCUT2D eigenvalue weighted by Crippen LogP contribution is -2.05. The van der Waals surface area contributed by atoms with E-state index in [0.29, 0.717) is 0 Å². The van der Waals surface area contributed by atoms with Gasteiger partial charge in [-0.1, -0.05) is 57.0 Å². The molecule has 0 bridgehead atoms. The predicted octanol–water partition coefficient (Wildman–Crippen LogP) is 4.90. The Morgan fingerprint density at radius 1 is 1.00 bits per heavy atom. The molecule has 0 aliphatic rings. The highest BCUT2D eigenvalue weighted by molar-refractivity contribution is 8.25. The fourth-order valence-corrected chi connectivity index (χ4v) is 3.10. The first-order chi connectivity index (χ1) is 7.26. The maximum Gasteiger partial charge on any atom is 0.215 e. The molecule has 1 aromatic carbocycles. The van der Waals surface area contributed by atoms with Crippen LogP contribution in [0.1, 0.15) is 32.3 Å². The lowest BCUT2D eigenvalue weighted by molar-refractivity contribution is 1.02. The minimum absolute atomic E-state index is 0.808. The van der Waals surface area contributed by atoms with Crippen LogP contribution in [-0.2, 0) is 0 Å². The molecule has 0 aliphatic heterocycles. The molecule has 1 rings (SSSR count). The smallest absolute Gasteiger partial charge is 0.176 e. The van der Waals surface area contributed by atoms with Crippen molar-refractivity contribution in [2.24, 2.45) is 0 Å². The summed E-state index contributed by atoms with van der Waals surface area (Å²) in [5.41, 5.74) is 1.35. The average molecular weight is 220 g/mol. The molecule has 0 aromatic heterocycles. The summed E-state index contributed by atoms with van der Waals surface area (Å²) < 4.78 is 0. The van der Waals surface area contributed by atoms with Crippen molar-refractivity contribution in [1.82, 2.24) is 0 Å². The molecular weight excluding hydrogens is 199 g/mol. The van der Waals surface area contributed by atoms with Gasteiger partial charge in [-0.05, 0) is 24.0 Å². The van der Waals surface area contributed by atoms with Gasteiger partial charge in [-0.25, -0.2) is 0 Å². The number of hydrogen-bond donors (Lipinski definition) is 0. The number of rotatable bonds is 6. The van der Waals surface area contributed by atoms with Crippen LogP contribution in [0.2, 0.25) is 12.6 Å². The van der Waals surface area contributed by atoms with Crippen molar-refractivity contribution < 1.29 is 0 Å². The molecule has 0 spiro atoms. The van der Waals surface area contributed by atoms with E-state index in [1.54, 1.807) is 0 Å². The summed E-state index contributed by atoms with van der Waals surface area (Å²) in [6.07, 6.45) is 5.27. The van der Waals surface area contributed by atoms with Crippen molar-refractivity contribution in [2.45, 2.75) is 51.1 Å². The van der Waals surface area contributed by atoms with Gasteiger partial charge in [-0.15, -0.1) is 0 Å². The molecule has 15 heavy (non-hydrogen) atoms. The van der Waals surface area contributed by atoms with Gasteiger partial charge in [0.15, 0.2) is 0 Å². The molecule has 0 N–H and O–H groups in total. The fraction of sp³-hybridized carbons (Fsp3) is 0.538. The van der Waals surface area contributed by atoms with E-state index in [0.717, 1.165) is 5.99 Å². The van der Waals surface area contributed by atoms with E-state index in [1.165, 1.54) is 35.9 Å². The van der Waals surface area contributed by atoms with E-state index < -0.39 is 0 Å². The molecule has 0 atom stereocenters. The van der Waals surface area contributed by atoms with Crippen LogP contribution in [0.5, 0.6) is 0 Å². The Labute approximate surface area is 98.8 Å². The molecule has 2 heteroatoms. The first-order valence-electron chi connectivity index (χ1n) is 5.99. The van der Waals surface area contributed by atoms with Gasteiger partial charge in [0.05, 0.1) is 0 Å². The molecular formula is C13H21BS. The zero-order valence-electron chi connectivity index (χ0n) is 10.1. The summed E-state index contributed by atoms with van der Waals surface area (Å²) in [6.45, 7) is 6.70. The monoisotopic (exact) mass is 220 g/mol. The third kappa shape index (κ3) is 4.79. The Morgan fingerprint density at radius 2 is 1.53 bits per heavy atom. The van der Waals surface area contributed by atoms with Gasteiger partial charge in [0.25, 0.3) is 0 Å². The first-order valence-corrected chi connectivity index (χ1v) is 6.87. The Bertz CT molecular complexity index is 262. The summed E-state index contributed by atoms with van der Waals surface area (Å²) in [5, 5.41) is 0. The van der Waals surface area contributed by atoms with Crippen LogP contribution < -0.4 is 0 Å². The average Bonchev–Trinajstić information content (AvgIpc) is 2.22. The molecule has 0 saturated heterocycles. The molecule has 0 aliphatic carbocycles. The van der Waals surface area contributed by atoms with Crippen molar-refractivity contribution in [2.75, 3.05) is 0 Å². The van der Waals surface area contributed by atoms with Gasteiger partial charge in [0.2, 0.25) is 5.99 Å². The molecule has 0 nitrogen and oxygen atoms in total. The lowest BCUT2D eigenvalue weighted by Gasteiger charge is -2.11.